The van der Waals surface area contributed by atoms with E-state index in [1.165, 1.54) is 11.8 Å². The van der Waals surface area contributed by atoms with Gasteiger partial charge in [0, 0.05) is 35.1 Å². The number of carboxylic acid groups (broad SMARTS) is 1. The number of hydrogen-bond acceptors (Lipinski definition) is 14. The monoisotopic (exact) mass is 647 g/mol. The maximum atomic E-state index is 13.2. The van der Waals surface area contributed by atoms with E-state index in [9.17, 15) is 34.2 Å². The predicted molar refractivity (Wildman–Crippen MR) is 155 cm³/mol. The average molecular weight is 648 g/mol. The number of quaternary nitrogens is 1. The summed E-state index contributed by atoms with van der Waals surface area (Å²) in [4.78, 5) is 77.5. The van der Waals surface area contributed by atoms with E-state index in [4.69, 9.17) is 10.6 Å². The molecular formula is C25H29N9O8S2. The lowest BCUT2D eigenvalue weighted by Gasteiger charge is -2.51. The number of aromatic nitrogens is 3. The van der Waals surface area contributed by atoms with Crippen LogP contribution in [0, 0.1) is 0 Å². The number of nitrogens with two attached hydrogens (primary N) is 1. The van der Waals surface area contributed by atoms with Gasteiger partial charge in [0.25, 0.3) is 17.7 Å². The molecular weight excluding hydrogens is 618 g/mol. The number of oxime groups is 1. The number of hydrogen-bond donors (Lipinski definition) is 4. The molecule has 44 heavy (non-hydrogen) atoms. The maximum absolute atomic E-state index is 13.2. The lowest BCUT2D eigenvalue weighted by Crippen LogP contribution is -2.72. The summed E-state index contributed by atoms with van der Waals surface area (Å²) in [5, 5.41) is 27.5. The van der Waals surface area contributed by atoms with Crippen LogP contribution < -0.4 is 21.6 Å². The van der Waals surface area contributed by atoms with Gasteiger partial charge in [-0.05, 0) is 6.92 Å². The molecule has 0 bridgehead atoms. The second-order valence-electron chi connectivity index (χ2n) is 10.5. The summed E-state index contributed by atoms with van der Waals surface area (Å²) in [6.45, 7) is 3.77. The number of carbonyl (C=O) groups excluding carboxylic acids is 4. The van der Waals surface area contributed by atoms with Crippen LogP contribution in [0.1, 0.15) is 23.2 Å². The van der Waals surface area contributed by atoms with Crippen LogP contribution in [-0.4, -0.2) is 127 Å². The fraction of sp³-hybridized carbons (Fsp3) is 0.440. The van der Waals surface area contributed by atoms with Gasteiger partial charge >= 0.3 is 0 Å². The molecule has 5 rings (SSSR count). The van der Waals surface area contributed by atoms with E-state index in [1.54, 1.807) is 11.8 Å². The molecule has 0 radical (unpaired) electrons. The molecule has 2 aromatic rings. The number of piperazine rings is 1. The highest BCUT2D eigenvalue weighted by molar-refractivity contribution is 8.00. The number of aromatic amines is 1. The number of aromatic hydroxyl groups is 1. The predicted octanol–water partition coefficient (Wildman–Crippen LogP) is -2.74. The molecule has 0 saturated carbocycles. The summed E-state index contributed by atoms with van der Waals surface area (Å²) in [5.74, 6) is -3.55. The second kappa shape index (κ2) is 12.2. The number of pyridine rings is 1. The van der Waals surface area contributed by atoms with E-state index in [0.717, 1.165) is 28.7 Å². The molecule has 3 amide bonds. The van der Waals surface area contributed by atoms with Crippen molar-refractivity contribution in [1.29, 1.82) is 0 Å². The van der Waals surface area contributed by atoms with Gasteiger partial charge in [-0.1, -0.05) is 5.16 Å². The standard InChI is InChI=1S/C25H29N9O8S2/c1-3-42-30-16(19-29-25(26)44-31-19)20(37)28-17-22(39)33-18(24(40)41)12(11-43-23(17)33)10-34(2)6-4-32(5-7-34)21(38)13-8-14(35)15(36)9-27-13/h8-9,17,23H,3-7,10-11H2,1-2H3,(H5-,26,27,28,29,30,31,35,36,37,38,40,41)/t17-,23+/m1/s1. The molecule has 19 heteroatoms. The quantitative estimate of drug-likeness (QED) is 0.0939. The van der Waals surface area contributed by atoms with Gasteiger partial charge in [0.2, 0.25) is 17.0 Å². The third-order valence-electron chi connectivity index (χ3n) is 7.48. The minimum Gasteiger partial charge on any atom is -0.543 e. The smallest absolute Gasteiger partial charge is 0.278 e. The third-order valence-corrected chi connectivity index (χ3v) is 9.36. The summed E-state index contributed by atoms with van der Waals surface area (Å²) in [6, 6.07) is 0.0161. The fourth-order valence-electron chi connectivity index (χ4n) is 5.17. The number of aliphatic carboxylic acids is 1. The number of fused-ring (bicyclic) bond motifs is 1. The first-order chi connectivity index (χ1) is 20.9. The lowest BCUT2D eigenvalue weighted by atomic mass is 10.0. The van der Waals surface area contributed by atoms with Crippen molar-refractivity contribution in [3.05, 3.63) is 45.3 Å². The Kier molecular flexibility index (Phi) is 8.62. The Balaban J connectivity index is 1.26. The van der Waals surface area contributed by atoms with Crippen LogP contribution in [0.15, 0.2) is 33.5 Å². The first-order valence-electron chi connectivity index (χ1n) is 13.5. The molecule has 0 spiro atoms. The van der Waals surface area contributed by atoms with Crippen LogP contribution >= 0.6 is 23.3 Å². The number of amides is 3. The van der Waals surface area contributed by atoms with Crippen molar-refractivity contribution in [3.8, 4) is 5.75 Å². The molecule has 0 aliphatic carbocycles. The Bertz CT molecular complexity index is 1630. The second-order valence-corrected chi connectivity index (χ2v) is 12.4. The first kappa shape index (κ1) is 31.0. The van der Waals surface area contributed by atoms with E-state index in [1.807, 2.05) is 7.05 Å². The highest BCUT2D eigenvalue weighted by Crippen LogP contribution is 2.40. The van der Waals surface area contributed by atoms with Crippen molar-refractivity contribution in [2.45, 2.75) is 18.3 Å². The van der Waals surface area contributed by atoms with Crippen LogP contribution in [0.25, 0.3) is 0 Å². The highest BCUT2D eigenvalue weighted by Gasteiger charge is 2.54. The van der Waals surface area contributed by atoms with Gasteiger partial charge in [-0.25, -0.2) is 0 Å². The van der Waals surface area contributed by atoms with Gasteiger partial charge in [-0.15, -0.1) is 11.8 Å². The summed E-state index contributed by atoms with van der Waals surface area (Å²) in [7, 11) is 1.93. The number of anilines is 1. The largest absolute Gasteiger partial charge is 0.543 e. The average Bonchev–Trinajstić information content (AvgIpc) is 3.42. The maximum Gasteiger partial charge on any atom is 0.278 e. The van der Waals surface area contributed by atoms with Gasteiger partial charge in [0.1, 0.15) is 30.3 Å². The zero-order valence-electron chi connectivity index (χ0n) is 23.6. The molecule has 234 valence electrons. The van der Waals surface area contributed by atoms with Gasteiger partial charge < -0.3 is 45.3 Å². The number of nitrogens with zero attached hydrogens (tertiary/aromatic N) is 6. The van der Waals surface area contributed by atoms with Crippen LogP contribution in [-0.2, 0) is 19.2 Å². The number of nitrogen functional groups attached to an aromatic ring is 1. The van der Waals surface area contributed by atoms with Crippen molar-refractivity contribution in [2.75, 3.05) is 57.9 Å². The van der Waals surface area contributed by atoms with Crippen LogP contribution in [0.2, 0.25) is 0 Å². The summed E-state index contributed by atoms with van der Waals surface area (Å²) in [5.41, 5.74) is 5.04. The molecule has 0 aromatic carbocycles. The number of thioether (sulfide) groups is 1. The minimum absolute atomic E-state index is 0.0572. The van der Waals surface area contributed by atoms with Gasteiger partial charge in [-0.2, -0.15) is 9.36 Å². The number of likely N-dealkylation sites (N-methyl/N-ethyl adjacent to an activating group) is 1. The summed E-state index contributed by atoms with van der Waals surface area (Å²) in [6.07, 6.45) is 1.07. The molecule has 5 heterocycles. The molecule has 2 aromatic heterocycles. The highest BCUT2D eigenvalue weighted by atomic mass is 32.2. The molecule has 3 aliphatic heterocycles. The first-order valence-corrected chi connectivity index (χ1v) is 15.3. The summed E-state index contributed by atoms with van der Waals surface area (Å²) >= 11 is 2.17. The molecule has 2 fully saturated rings. The Morgan fingerprint density at radius 1 is 1.32 bits per heavy atom. The number of carboxylic acids is 1. The van der Waals surface area contributed by atoms with E-state index in [2.05, 4.69) is 24.8 Å². The van der Waals surface area contributed by atoms with Crippen molar-refractivity contribution in [3.63, 3.8) is 0 Å². The normalized spacial score (nSPS) is 21.4. The van der Waals surface area contributed by atoms with E-state index < -0.39 is 40.4 Å². The lowest BCUT2D eigenvalue weighted by molar-refractivity contribution is -0.908. The topological polar surface area (TPSA) is 236 Å². The van der Waals surface area contributed by atoms with Crippen molar-refractivity contribution in [1.82, 2.24) is 29.5 Å². The number of nitrogens with one attached hydrogen (secondary N) is 2. The van der Waals surface area contributed by atoms with Crippen molar-refractivity contribution in [2.24, 2.45) is 5.16 Å². The van der Waals surface area contributed by atoms with Crippen LogP contribution in [0.3, 0.4) is 0 Å². The molecule has 0 unspecified atom stereocenters. The third kappa shape index (κ3) is 5.97. The minimum atomic E-state index is -1.50. The molecule has 17 nitrogen and oxygen atoms in total. The SMILES string of the molecule is CCON=C(C(=O)N[C@@H]1C(=O)N2C(C(=O)[O-])=C(C[N+]3(C)CCN(C(=O)c4cc(=O)c(O)c[nH]4)CC3)CS[C@@H]12)c1nsc(N)n1. The number of β-lactam (4-membered cyclic amide) rings is 1. The van der Waals surface area contributed by atoms with Gasteiger partial charge in [0.05, 0.1) is 44.9 Å². The van der Waals surface area contributed by atoms with E-state index in [-0.39, 0.29) is 46.3 Å². The number of rotatable bonds is 9. The van der Waals surface area contributed by atoms with Gasteiger partial charge in [0.15, 0.2) is 10.9 Å². The molecule has 2 atom stereocenters. The zero-order chi connectivity index (χ0) is 31.8. The van der Waals surface area contributed by atoms with E-state index >= 15 is 0 Å². The molecule has 5 N–H and O–H groups in total. The Labute approximate surface area is 258 Å². The summed E-state index contributed by atoms with van der Waals surface area (Å²) < 4.78 is 4.38. The van der Waals surface area contributed by atoms with E-state index in [0.29, 0.717) is 42.8 Å². The Morgan fingerprint density at radius 2 is 2.05 bits per heavy atom. The Hall–Kier alpha value is -4.49. The van der Waals surface area contributed by atoms with Crippen LogP contribution in [0.4, 0.5) is 5.13 Å². The number of carbonyl (C=O) groups is 4. The number of H-pyrrole nitrogens is 1. The molecule has 3 aliphatic rings. The fourth-order valence-corrected chi connectivity index (χ4v) is 6.94. The van der Waals surface area contributed by atoms with Crippen LogP contribution in [0.5, 0.6) is 5.75 Å². The zero-order valence-corrected chi connectivity index (χ0v) is 25.3. The van der Waals surface area contributed by atoms with Crippen molar-refractivity contribution < 1.29 is 38.7 Å². The molecule has 2 saturated heterocycles. The van der Waals surface area contributed by atoms with Gasteiger partial charge in [-0.3, -0.25) is 24.1 Å². The Morgan fingerprint density at radius 3 is 2.66 bits per heavy atom. The van der Waals surface area contributed by atoms with Crippen molar-refractivity contribution >= 4 is 57.8 Å².